The van der Waals surface area contributed by atoms with Crippen molar-refractivity contribution in [3.05, 3.63) is 48.0 Å². The predicted molar refractivity (Wildman–Crippen MR) is 82.2 cm³/mol. The molecule has 1 saturated carbocycles. The van der Waals surface area contributed by atoms with Gasteiger partial charge in [0, 0.05) is 6.26 Å². The molecule has 1 aliphatic carbocycles. The number of alkyl halides is 3. The molecular formula is C15H16F3N3O3S. The van der Waals surface area contributed by atoms with Crippen LogP contribution >= 0.6 is 0 Å². The molecule has 0 bridgehead atoms. The Labute approximate surface area is 142 Å². The van der Waals surface area contributed by atoms with Gasteiger partial charge in [-0.1, -0.05) is 12.1 Å². The summed E-state index contributed by atoms with van der Waals surface area (Å²) in [5.74, 6) is 0. The summed E-state index contributed by atoms with van der Waals surface area (Å²) in [5, 5.41) is 15.2. The molecule has 0 radical (unpaired) electrons. The first-order valence-electron chi connectivity index (χ1n) is 7.42. The van der Waals surface area contributed by atoms with Gasteiger partial charge in [0.05, 0.1) is 12.1 Å². The summed E-state index contributed by atoms with van der Waals surface area (Å²) in [6, 6.07) is 3.90. The molecule has 1 N–H and O–H groups in total. The maximum atomic E-state index is 12.8. The molecule has 1 fully saturated rings. The van der Waals surface area contributed by atoms with Crippen LogP contribution in [0.2, 0.25) is 0 Å². The highest BCUT2D eigenvalue weighted by Gasteiger charge is 2.66. The van der Waals surface area contributed by atoms with Crippen LogP contribution in [0, 0.1) is 0 Å². The molecule has 6 nitrogen and oxygen atoms in total. The fourth-order valence-corrected chi connectivity index (χ4v) is 4.83. The molecule has 10 heteroatoms. The van der Waals surface area contributed by atoms with E-state index in [1.165, 1.54) is 17.3 Å². The van der Waals surface area contributed by atoms with Crippen molar-refractivity contribution in [3.8, 4) is 0 Å². The predicted octanol–water partition coefficient (Wildman–Crippen LogP) is 1.76. The SMILES string of the molecule is CS(=O)(=O)C1(C(O)(Cn2cncn2)c2ccc(C(F)(F)F)cc2)CC1. The van der Waals surface area contributed by atoms with E-state index in [1.807, 2.05) is 0 Å². The van der Waals surface area contributed by atoms with Crippen LogP contribution < -0.4 is 0 Å². The number of nitrogens with zero attached hydrogens (tertiary/aromatic N) is 3. The van der Waals surface area contributed by atoms with Gasteiger partial charge in [0.25, 0.3) is 0 Å². The largest absolute Gasteiger partial charge is 0.416 e. The van der Waals surface area contributed by atoms with Crippen molar-refractivity contribution in [2.75, 3.05) is 6.26 Å². The second kappa shape index (κ2) is 5.53. The monoisotopic (exact) mass is 375 g/mol. The van der Waals surface area contributed by atoms with Crippen LogP contribution in [0.25, 0.3) is 0 Å². The maximum absolute atomic E-state index is 12.8. The van der Waals surface area contributed by atoms with Crippen LogP contribution in [0.1, 0.15) is 24.0 Å². The van der Waals surface area contributed by atoms with Gasteiger partial charge >= 0.3 is 6.18 Å². The molecule has 0 amide bonds. The van der Waals surface area contributed by atoms with Gasteiger partial charge in [-0.15, -0.1) is 0 Å². The van der Waals surface area contributed by atoms with Crippen LogP contribution in [0.3, 0.4) is 0 Å². The minimum absolute atomic E-state index is 0.0962. The minimum atomic E-state index is -4.52. The van der Waals surface area contributed by atoms with Crippen LogP contribution in [-0.4, -0.2) is 39.3 Å². The van der Waals surface area contributed by atoms with E-state index >= 15 is 0 Å². The van der Waals surface area contributed by atoms with Crippen LogP contribution in [0.4, 0.5) is 13.2 Å². The normalized spacial score (nSPS) is 19.4. The average Bonchev–Trinajstić information content (AvgIpc) is 3.21. The van der Waals surface area contributed by atoms with Gasteiger partial charge in [0.2, 0.25) is 0 Å². The van der Waals surface area contributed by atoms with E-state index in [4.69, 9.17) is 0 Å². The molecule has 1 unspecified atom stereocenters. The van der Waals surface area contributed by atoms with E-state index in [0.29, 0.717) is 0 Å². The molecule has 3 rings (SSSR count). The third-order valence-corrected chi connectivity index (χ3v) is 6.88. The van der Waals surface area contributed by atoms with E-state index < -0.39 is 31.9 Å². The van der Waals surface area contributed by atoms with Crippen LogP contribution in [0.15, 0.2) is 36.9 Å². The van der Waals surface area contributed by atoms with Gasteiger partial charge in [-0.2, -0.15) is 18.3 Å². The number of benzene rings is 1. The van der Waals surface area contributed by atoms with Gasteiger partial charge in [0.15, 0.2) is 9.84 Å². The summed E-state index contributed by atoms with van der Waals surface area (Å²) in [4.78, 5) is 3.75. The highest BCUT2D eigenvalue weighted by molar-refractivity contribution is 7.92. The molecule has 2 aromatic rings. The van der Waals surface area contributed by atoms with Gasteiger partial charge in [-0.05, 0) is 30.5 Å². The molecule has 1 aliphatic rings. The topological polar surface area (TPSA) is 85.1 Å². The lowest BCUT2D eigenvalue weighted by Crippen LogP contribution is -2.49. The number of hydrogen-bond donors (Lipinski definition) is 1. The quantitative estimate of drug-likeness (QED) is 0.861. The van der Waals surface area contributed by atoms with Crippen LogP contribution in [-0.2, 0) is 28.2 Å². The molecule has 25 heavy (non-hydrogen) atoms. The fraction of sp³-hybridized carbons (Fsp3) is 0.467. The summed E-state index contributed by atoms with van der Waals surface area (Å²) in [6.45, 7) is -0.231. The summed E-state index contributed by atoms with van der Waals surface area (Å²) < 4.78 is 62.8. The lowest BCUT2D eigenvalue weighted by molar-refractivity contribution is -0.137. The second-order valence-electron chi connectivity index (χ2n) is 6.29. The Balaban J connectivity index is 2.09. The van der Waals surface area contributed by atoms with Crippen molar-refractivity contribution in [2.24, 2.45) is 0 Å². The van der Waals surface area contributed by atoms with Gasteiger partial charge in [-0.25, -0.2) is 18.1 Å². The molecule has 1 aromatic carbocycles. The van der Waals surface area contributed by atoms with E-state index in [2.05, 4.69) is 10.1 Å². The first-order valence-corrected chi connectivity index (χ1v) is 9.31. The Bertz CT molecular complexity index is 860. The highest BCUT2D eigenvalue weighted by Crippen LogP contribution is 2.56. The zero-order valence-corrected chi connectivity index (χ0v) is 14.0. The Hall–Kier alpha value is -1.94. The number of sulfone groups is 1. The van der Waals surface area contributed by atoms with Crippen LogP contribution in [0.5, 0.6) is 0 Å². The number of aliphatic hydroxyl groups is 1. The Morgan fingerprint density at radius 2 is 1.76 bits per heavy atom. The zero-order chi connectivity index (χ0) is 18.5. The third kappa shape index (κ3) is 2.93. The second-order valence-corrected chi connectivity index (χ2v) is 8.62. The third-order valence-electron chi connectivity index (χ3n) is 4.71. The van der Waals surface area contributed by atoms with Gasteiger partial charge < -0.3 is 5.11 Å². The maximum Gasteiger partial charge on any atom is 0.416 e. The highest BCUT2D eigenvalue weighted by atomic mass is 32.2. The Kier molecular flexibility index (Phi) is 3.95. The number of halogens is 3. The summed E-state index contributed by atoms with van der Waals surface area (Å²) >= 11 is 0. The minimum Gasteiger partial charge on any atom is -0.382 e. The van der Waals surface area contributed by atoms with Crippen molar-refractivity contribution in [1.29, 1.82) is 0 Å². The number of rotatable bonds is 5. The average molecular weight is 375 g/mol. The summed E-state index contributed by atoms with van der Waals surface area (Å²) in [6.07, 6.45) is -0.510. The van der Waals surface area contributed by atoms with E-state index in [9.17, 15) is 26.7 Å². The molecule has 1 atom stereocenters. The van der Waals surface area contributed by atoms with Gasteiger partial charge in [0.1, 0.15) is 23.0 Å². The van der Waals surface area contributed by atoms with E-state index in [-0.39, 0.29) is 24.9 Å². The zero-order valence-electron chi connectivity index (χ0n) is 13.2. The Morgan fingerprint density at radius 1 is 1.20 bits per heavy atom. The molecule has 1 heterocycles. The smallest absolute Gasteiger partial charge is 0.382 e. The van der Waals surface area contributed by atoms with Gasteiger partial charge in [-0.3, -0.25) is 0 Å². The summed E-state index contributed by atoms with van der Waals surface area (Å²) in [5.41, 5.74) is -2.69. The molecular weight excluding hydrogens is 359 g/mol. The number of aromatic nitrogens is 3. The molecule has 0 spiro atoms. The van der Waals surface area contributed by atoms with Crippen molar-refractivity contribution in [1.82, 2.24) is 14.8 Å². The fourth-order valence-electron chi connectivity index (χ4n) is 3.19. The standard InChI is InChI=1S/C15H16F3N3O3S/c1-25(23,24)13(6-7-13)14(22,8-21-10-19-9-20-21)11-2-4-12(5-3-11)15(16,17)18/h2-5,9-10,22H,6-8H2,1H3. The van der Waals surface area contributed by atoms with Crippen molar-refractivity contribution in [2.45, 2.75) is 35.9 Å². The first kappa shape index (κ1) is 17.9. The molecule has 0 saturated heterocycles. The molecule has 136 valence electrons. The number of hydrogen-bond acceptors (Lipinski definition) is 5. The lowest BCUT2D eigenvalue weighted by atomic mass is 9.87. The first-order chi connectivity index (χ1) is 11.5. The Morgan fingerprint density at radius 3 is 2.16 bits per heavy atom. The van der Waals surface area contributed by atoms with E-state index in [0.717, 1.165) is 30.5 Å². The summed E-state index contributed by atoms with van der Waals surface area (Å²) in [7, 11) is -3.67. The molecule has 0 aliphatic heterocycles. The van der Waals surface area contributed by atoms with Crippen molar-refractivity contribution < 1.29 is 26.7 Å². The van der Waals surface area contributed by atoms with Crippen molar-refractivity contribution >= 4 is 9.84 Å². The lowest BCUT2D eigenvalue weighted by Gasteiger charge is -2.36. The van der Waals surface area contributed by atoms with Crippen molar-refractivity contribution in [3.63, 3.8) is 0 Å². The van der Waals surface area contributed by atoms with E-state index in [1.54, 1.807) is 0 Å². The molecule has 1 aromatic heterocycles.